The van der Waals surface area contributed by atoms with E-state index in [0.717, 1.165) is 24.7 Å². The summed E-state index contributed by atoms with van der Waals surface area (Å²) < 4.78 is 25.7. The molecule has 0 saturated carbocycles. The highest BCUT2D eigenvalue weighted by atomic mass is 32.2. The molecule has 0 aromatic heterocycles. The number of hydrogen-bond acceptors (Lipinski definition) is 3. The number of nitrogens with zero attached hydrogens (tertiary/aromatic N) is 1. The molecular weight excluding hydrogens is 360 g/mol. The van der Waals surface area contributed by atoms with Gasteiger partial charge in [0, 0.05) is 6.54 Å². The van der Waals surface area contributed by atoms with Crippen LogP contribution in [-0.2, 0) is 21.2 Å². The quantitative estimate of drug-likeness (QED) is 0.706. The summed E-state index contributed by atoms with van der Waals surface area (Å²) in [5.41, 5.74) is 3.88. The largest absolute Gasteiger partial charge is 0.354 e. The molecule has 6 heteroatoms. The number of benzene rings is 2. The minimum absolute atomic E-state index is 0.300. The molecule has 0 heterocycles. The second kappa shape index (κ2) is 9.04. The van der Waals surface area contributed by atoms with Gasteiger partial charge in [0.15, 0.2) is 0 Å². The standard InChI is InChI=1S/C21H28N2O3S/c1-16-10-12-19(13-11-16)8-6-14-22-21(24)18(3)23(27(4,25)26)20-9-5-7-17(2)15-20/h5,7,9-13,15,18H,6,8,14H2,1-4H3,(H,22,24)/t18-/m0/s1. The number of carbonyl (C=O) groups excluding carboxylic acids is 1. The molecule has 2 aromatic carbocycles. The molecule has 146 valence electrons. The Morgan fingerprint density at radius 2 is 1.74 bits per heavy atom. The van der Waals surface area contributed by atoms with Gasteiger partial charge in [-0.1, -0.05) is 42.0 Å². The lowest BCUT2D eigenvalue weighted by Gasteiger charge is -2.28. The molecule has 0 bridgehead atoms. The minimum Gasteiger partial charge on any atom is -0.354 e. The first-order valence-corrected chi connectivity index (χ1v) is 10.9. The van der Waals surface area contributed by atoms with E-state index in [4.69, 9.17) is 0 Å². The first kappa shape index (κ1) is 21.0. The summed E-state index contributed by atoms with van der Waals surface area (Å²) in [6.07, 6.45) is 2.78. The van der Waals surface area contributed by atoms with Crippen LogP contribution in [0.2, 0.25) is 0 Å². The molecule has 0 radical (unpaired) electrons. The van der Waals surface area contributed by atoms with Crippen molar-refractivity contribution in [3.8, 4) is 0 Å². The highest BCUT2D eigenvalue weighted by molar-refractivity contribution is 7.92. The van der Waals surface area contributed by atoms with Crippen LogP contribution in [-0.4, -0.2) is 33.2 Å². The number of nitrogens with one attached hydrogen (secondary N) is 1. The van der Waals surface area contributed by atoms with Gasteiger partial charge in [-0.25, -0.2) is 8.42 Å². The van der Waals surface area contributed by atoms with Crippen molar-refractivity contribution in [2.75, 3.05) is 17.1 Å². The highest BCUT2D eigenvalue weighted by Crippen LogP contribution is 2.21. The number of amides is 1. The van der Waals surface area contributed by atoms with Gasteiger partial charge < -0.3 is 5.32 Å². The van der Waals surface area contributed by atoms with Crippen LogP contribution in [0.3, 0.4) is 0 Å². The van der Waals surface area contributed by atoms with Crippen molar-refractivity contribution in [3.05, 3.63) is 65.2 Å². The minimum atomic E-state index is -3.58. The molecule has 1 amide bonds. The van der Waals surface area contributed by atoms with E-state index < -0.39 is 16.1 Å². The number of sulfonamides is 1. The van der Waals surface area contributed by atoms with E-state index in [9.17, 15) is 13.2 Å². The van der Waals surface area contributed by atoms with Gasteiger partial charge in [0.05, 0.1) is 11.9 Å². The van der Waals surface area contributed by atoms with Gasteiger partial charge in [0.2, 0.25) is 15.9 Å². The Balaban J connectivity index is 1.97. The van der Waals surface area contributed by atoms with Crippen LogP contribution in [0.15, 0.2) is 48.5 Å². The molecule has 0 aliphatic carbocycles. The number of anilines is 1. The van der Waals surface area contributed by atoms with Crippen molar-refractivity contribution < 1.29 is 13.2 Å². The van der Waals surface area contributed by atoms with Crippen LogP contribution in [0.4, 0.5) is 5.69 Å². The monoisotopic (exact) mass is 388 g/mol. The molecular formula is C21H28N2O3S. The van der Waals surface area contributed by atoms with Crippen LogP contribution in [0.1, 0.15) is 30.0 Å². The lowest BCUT2D eigenvalue weighted by atomic mass is 10.1. The molecule has 0 aliphatic rings. The van der Waals surface area contributed by atoms with Crippen molar-refractivity contribution in [2.45, 2.75) is 39.7 Å². The van der Waals surface area contributed by atoms with Gasteiger partial charge in [0.1, 0.15) is 6.04 Å². The van der Waals surface area contributed by atoms with Crippen molar-refractivity contribution in [1.82, 2.24) is 5.32 Å². The van der Waals surface area contributed by atoms with Gasteiger partial charge >= 0.3 is 0 Å². The lowest BCUT2D eigenvalue weighted by molar-refractivity contribution is -0.121. The Bertz CT molecular complexity index is 877. The maximum atomic E-state index is 12.5. The average molecular weight is 389 g/mol. The number of hydrogen-bond donors (Lipinski definition) is 1. The van der Waals surface area contributed by atoms with E-state index in [1.54, 1.807) is 25.1 Å². The summed E-state index contributed by atoms with van der Waals surface area (Å²) in [7, 11) is -3.58. The molecule has 2 rings (SSSR count). The summed E-state index contributed by atoms with van der Waals surface area (Å²) in [6, 6.07) is 14.6. The maximum absolute atomic E-state index is 12.5. The Kier molecular flexibility index (Phi) is 7.02. The summed E-state index contributed by atoms with van der Waals surface area (Å²) in [4.78, 5) is 12.5. The molecule has 27 heavy (non-hydrogen) atoms. The Hall–Kier alpha value is -2.34. The van der Waals surface area contributed by atoms with Crippen LogP contribution >= 0.6 is 0 Å². The van der Waals surface area contributed by atoms with Crippen molar-refractivity contribution in [2.24, 2.45) is 0 Å². The Morgan fingerprint density at radius 3 is 2.33 bits per heavy atom. The van der Waals surface area contributed by atoms with Gasteiger partial charge in [-0.15, -0.1) is 0 Å². The fourth-order valence-electron chi connectivity index (χ4n) is 2.98. The van der Waals surface area contributed by atoms with E-state index in [1.807, 2.05) is 19.9 Å². The van der Waals surface area contributed by atoms with Gasteiger partial charge in [-0.2, -0.15) is 0 Å². The lowest BCUT2D eigenvalue weighted by Crippen LogP contribution is -2.48. The third-order valence-electron chi connectivity index (χ3n) is 4.41. The van der Waals surface area contributed by atoms with Gasteiger partial charge in [-0.05, 0) is 56.9 Å². The van der Waals surface area contributed by atoms with Crippen LogP contribution in [0, 0.1) is 13.8 Å². The third-order valence-corrected chi connectivity index (χ3v) is 5.65. The molecule has 5 nitrogen and oxygen atoms in total. The van der Waals surface area contributed by atoms with E-state index in [0.29, 0.717) is 12.2 Å². The molecule has 1 N–H and O–H groups in total. The maximum Gasteiger partial charge on any atom is 0.243 e. The van der Waals surface area contributed by atoms with Gasteiger partial charge in [-0.3, -0.25) is 9.10 Å². The van der Waals surface area contributed by atoms with Crippen molar-refractivity contribution in [3.63, 3.8) is 0 Å². The predicted octanol–water partition coefficient (Wildman–Crippen LogP) is 3.21. The zero-order chi connectivity index (χ0) is 20.0. The molecule has 0 unspecified atom stereocenters. The third kappa shape index (κ3) is 6.10. The second-order valence-corrected chi connectivity index (χ2v) is 8.81. The van der Waals surface area contributed by atoms with Crippen LogP contribution in [0.5, 0.6) is 0 Å². The molecule has 2 aromatic rings. The molecule has 0 saturated heterocycles. The number of aryl methyl sites for hydroxylation is 3. The van der Waals surface area contributed by atoms with Crippen LogP contribution < -0.4 is 9.62 Å². The number of rotatable bonds is 8. The second-order valence-electron chi connectivity index (χ2n) is 6.95. The number of carbonyl (C=O) groups is 1. The topological polar surface area (TPSA) is 66.5 Å². The first-order valence-electron chi connectivity index (χ1n) is 9.08. The fraction of sp³-hybridized carbons (Fsp3) is 0.381. The SMILES string of the molecule is Cc1ccc(CCCNC(=O)[C@H](C)N(c2cccc(C)c2)S(C)(=O)=O)cc1. The predicted molar refractivity (Wildman–Crippen MR) is 110 cm³/mol. The zero-order valence-corrected chi connectivity index (χ0v) is 17.2. The van der Waals surface area contributed by atoms with Crippen LogP contribution in [0.25, 0.3) is 0 Å². The first-order chi connectivity index (χ1) is 12.7. The van der Waals surface area contributed by atoms with E-state index in [2.05, 4.69) is 29.6 Å². The molecule has 1 atom stereocenters. The fourth-order valence-corrected chi connectivity index (χ4v) is 4.15. The summed E-state index contributed by atoms with van der Waals surface area (Å²) in [5, 5.41) is 2.86. The van der Waals surface area contributed by atoms with Crippen molar-refractivity contribution in [1.29, 1.82) is 0 Å². The van der Waals surface area contributed by atoms with Gasteiger partial charge in [0.25, 0.3) is 0 Å². The molecule has 0 aliphatic heterocycles. The van der Waals surface area contributed by atoms with E-state index in [-0.39, 0.29) is 5.91 Å². The molecule has 0 fully saturated rings. The average Bonchev–Trinajstić information content (AvgIpc) is 2.59. The highest BCUT2D eigenvalue weighted by Gasteiger charge is 2.28. The summed E-state index contributed by atoms with van der Waals surface area (Å²) in [6.45, 7) is 6.05. The zero-order valence-electron chi connectivity index (χ0n) is 16.4. The normalized spacial score (nSPS) is 12.4. The summed E-state index contributed by atoms with van der Waals surface area (Å²) >= 11 is 0. The summed E-state index contributed by atoms with van der Waals surface area (Å²) in [5.74, 6) is -0.300. The molecule has 0 spiro atoms. The Morgan fingerprint density at radius 1 is 1.07 bits per heavy atom. The van der Waals surface area contributed by atoms with E-state index >= 15 is 0 Å². The van der Waals surface area contributed by atoms with E-state index in [1.165, 1.54) is 15.4 Å². The Labute approximate surface area is 162 Å². The van der Waals surface area contributed by atoms with Crippen molar-refractivity contribution >= 4 is 21.6 Å². The smallest absolute Gasteiger partial charge is 0.243 e.